The summed E-state index contributed by atoms with van der Waals surface area (Å²) in [6, 6.07) is 16.7. The molecule has 7 heteroatoms. The van der Waals surface area contributed by atoms with Gasteiger partial charge in [-0.05, 0) is 48.0 Å². The molecule has 0 aliphatic carbocycles. The summed E-state index contributed by atoms with van der Waals surface area (Å²) >= 11 is 0. The minimum atomic E-state index is -0.436. The van der Waals surface area contributed by atoms with Crippen molar-refractivity contribution in [3.63, 3.8) is 0 Å². The first kappa shape index (κ1) is 22.5. The fraction of sp³-hybridized carbons (Fsp3) is 0.292. The molecule has 1 saturated heterocycles. The molecule has 31 heavy (non-hydrogen) atoms. The summed E-state index contributed by atoms with van der Waals surface area (Å²) in [4.78, 5) is 13.6. The van der Waals surface area contributed by atoms with Gasteiger partial charge in [-0.25, -0.2) is 9.18 Å². The van der Waals surface area contributed by atoms with E-state index < -0.39 is 6.09 Å². The SMILES string of the molecule is CCNC[C@H]1CN(c2ccc(-c3ccc(Cn4cccc4)cc3)c(F)c2)C(=O)O1.CO. The maximum absolute atomic E-state index is 14.8. The quantitative estimate of drug-likeness (QED) is 0.603. The minimum absolute atomic E-state index is 0.224. The van der Waals surface area contributed by atoms with Crippen LogP contribution in [0.3, 0.4) is 0 Å². The Morgan fingerprint density at radius 1 is 1.13 bits per heavy atom. The zero-order chi connectivity index (χ0) is 22.2. The summed E-state index contributed by atoms with van der Waals surface area (Å²) in [5.41, 5.74) is 2.98. The zero-order valence-electron chi connectivity index (χ0n) is 17.8. The van der Waals surface area contributed by atoms with E-state index in [1.54, 1.807) is 12.1 Å². The Hall–Kier alpha value is -3.16. The number of nitrogens with one attached hydrogen (secondary N) is 1. The molecule has 0 unspecified atom stereocenters. The van der Waals surface area contributed by atoms with Crippen LogP contribution in [0.25, 0.3) is 11.1 Å². The van der Waals surface area contributed by atoms with Crippen molar-refractivity contribution < 1.29 is 19.0 Å². The van der Waals surface area contributed by atoms with E-state index in [1.165, 1.54) is 11.0 Å². The smallest absolute Gasteiger partial charge is 0.414 e. The molecular formula is C24H28FN3O3. The highest BCUT2D eigenvalue weighted by Crippen LogP contribution is 2.29. The van der Waals surface area contributed by atoms with Crippen LogP contribution in [0.4, 0.5) is 14.9 Å². The van der Waals surface area contributed by atoms with Crippen LogP contribution < -0.4 is 10.2 Å². The number of carbonyl (C=O) groups is 1. The predicted molar refractivity (Wildman–Crippen MR) is 120 cm³/mol. The van der Waals surface area contributed by atoms with Crippen LogP contribution in [-0.4, -0.2) is 48.6 Å². The Kier molecular flexibility index (Phi) is 7.81. The lowest BCUT2D eigenvalue weighted by Crippen LogP contribution is -2.30. The number of hydrogen-bond acceptors (Lipinski definition) is 4. The molecule has 0 bridgehead atoms. The molecule has 1 atom stereocenters. The number of hydrogen-bond donors (Lipinski definition) is 2. The Morgan fingerprint density at radius 2 is 1.84 bits per heavy atom. The van der Waals surface area contributed by atoms with Crippen molar-refractivity contribution in [3.05, 3.63) is 78.4 Å². The van der Waals surface area contributed by atoms with Gasteiger partial charge in [0.15, 0.2) is 0 Å². The second-order valence-electron chi connectivity index (χ2n) is 7.14. The number of nitrogens with zero attached hydrogens (tertiary/aromatic N) is 2. The molecule has 0 spiro atoms. The molecule has 164 valence electrons. The molecule has 6 nitrogen and oxygen atoms in total. The first-order chi connectivity index (χ1) is 15.1. The topological polar surface area (TPSA) is 66.7 Å². The molecule has 4 rings (SSSR count). The van der Waals surface area contributed by atoms with E-state index >= 15 is 0 Å². The number of amides is 1. The second-order valence-corrected chi connectivity index (χ2v) is 7.14. The van der Waals surface area contributed by atoms with Crippen molar-refractivity contribution in [1.29, 1.82) is 0 Å². The van der Waals surface area contributed by atoms with E-state index in [0.29, 0.717) is 24.3 Å². The number of carbonyl (C=O) groups excluding carboxylic acids is 1. The number of cyclic esters (lactones) is 1. The number of aromatic nitrogens is 1. The Bertz CT molecular complexity index is 974. The van der Waals surface area contributed by atoms with Crippen LogP contribution in [0.5, 0.6) is 0 Å². The molecule has 1 amide bonds. The third kappa shape index (κ3) is 5.51. The molecule has 3 aromatic rings. The standard InChI is InChI=1S/C23H24FN3O2.CH4O/c1-2-25-14-20-16-27(23(28)29-20)19-9-10-21(22(24)13-19)18-7-5-17(6-8-18)15-26-11-3-4-12-26;1-2/h3-13,20,25H,2,14-16H2,1H3;2H,1H3/t20-;/m0./s1. The number of rotatable bonds is 7. The van der Waals surface area contributed by atoms with Gasteiger partial charge in [0.1, 0.15) is 11.9 Å². The summed E-state index contributed by atoms with van der Waals surface area (Å²) < 4.78 is 22.3. The van der Waals surface area contributed by atoms with Gasteiger partial charge in [0.2, 0.25) is 0 Å². The van der Waals surface area contributed by atoms with Gasteiger partial charge < -0.3 is 19.7 Å². The van der Waals surface area contributed by atoms with Crippen LogP contribution in [-0.2, 0) is 11.3 Å². The van der Waals surface area contributed by atoms with Crippen molar-refractivity contribution in [3.8, 4) is 11.1 Å². The average Bonchev–Trinajstić information content (AvgIpc) is 3.44. The lowest BCUT2D eigenvalue weighted by Gasteiger charge is -2.15. The molecule has 1 fully saturated rings. The van der Waals surface area contributed by atoms with Gasteiger partial charge in [-0.2, -0.15) is 0 Å². The van der Waals surface area contributed by atoms with E-state index in [2.05, 4.69) is 9.88 Å². The number of aliphatic hydroxyl groups is 1. The van der Waals surface area contributed by atoms with Crippen molar-refractivity contribution in [2.75, 3.05) is 31.6 Å². The summed E-state index contributed by atoms with van der Waals surface area (Å²) in [5, 5.41) is 10.2. The van der Waals surface area contributed by atoms with E-state index in [9.17, 15) is 9.18 Å². The number of ether oxygens (including phenoxy) is 1. The average molecular weight is 426 g/mol. The molecule has 2 N–H and O–H groups in total. The fourth-order valence-corrected chi connectivity index (χ4v) is 3.53. The van der Waals surface area contributed by atoms with Gasteiger partial charge >= 0.3 is 6.09 Å². The van der Waals surface area contributed by atoms with Crippen LogP contribution in [0.1, 0.15) is 12.5 Å². The third-order valence-corrected chi connectivity index (χ3v) is 5.06. The lowest BCUT2D eigenvalue weighted by atomic mass is 10.0. The summed E-state index contributed by atoms with van der Waals surface area (Å²) in [6.45, 7) is 4.59. The van der Waals surface area contributed by atoms with Gasteiger partial charge in [0.25, 0.3) is 0 Å². The Balaban J connectivity index is 0.00000132. The molecule has 2 heterocycles. The third-order valence-electron chi connectivity index (χ3n) is 5.06. The van der Waals surface area contributed by atoms with E-state index in [-0.39, 0.29) is 11.9 Å². The van der Waals surface area contributed by atoms with Gasteiger partial charge in [-0.1, -0.05) is 31.2 Å². The predicted octanol–water partition coefficient (Wildman–Crippen LogP) is 3.89. The first-order valence-corrected chi connectivity index (χ1v) is 10.3. The molecule has 1 aliphatic heterocycles. The zero-order valence-corrected chi connectivity index (χ0v) is 17.8. The summed E-state index contributed by atoms with van der Waals surface area (Å²) in [7, 11) is 1.00. The summed E-state index contributed by atoms with van der Waals surface area (Å²) in [6.07, 6.45) is 3.37. The monoisotopic (exact) mass is 425 g/mol. The van der Waals surface area contributed by atoms with E-state index in [1.807, 2.05) is 55.7 Å². The van der Waals surface area contributed by atoms with Crippen molar-refractivity contribution in [2.45, 2.75) is 19.6 Å². The molecule has 0 saturated carbocycles. The number of halogens is 1. The fourth-order valence-electron chi connectivity index (χ4n) is 3.53. The highest BCUT2D eigenvalue weighted by molar-refractivity contribution is 5.90. The highest BCUT2D eigenvalue weighted by atomic mass is 19.1. The number of anilines is 1. The second kappa shape index (κ2) is 10.7. The van der Waals surface area contributed by atoms with Gasteiger partial charge in [0.05, 0.1) is 12.2 Å². The maximum Gasteiger partial charge on any atom is 0.414 e. The molecule has 1 aliphatic rings. The van der Waals surface area contributed by atoms with E-state index in [4.69, 9.17) is 9.84 Å². The van der Waals surface area contributed by atoms with E-state index in [0.717, 1.165) is 31.3 Å². The van der Waals surface area contributed by atoms with Crippen molar-refractivity contribution in [2.24, 2.45) is 0 Å². The van der Waals surface area contributed by atoms with Crippen LogP contribution in [0.2, 0.25) is 0 Å². The normalized spacial score (nSPS) is 15.4. The van der Waals surface area contributed by atoms with Crippen LogP contribution in [0.15, 0.2) is 67.0 Å². The highest BCUT2D eigenvalue weighted by Gasteiger charge is 2.32. The largest absolute Gasteiger partial charge is 0.443 e. The molecule has 0 radical (unpaired) electrons. The maximum atomic E-state index is 14.8. The molecule has 2 aromatic carbocycles. The number of benzene rings is 2. The number of aliphatic hydroxyl groups excluding tert-OH is 1. The number of likely N-dealkylation sites (N-methyl/N-ethyl adjacent to an activating group) is 1. The molecule has 1 aromatic heterocycles. The van der Waals surface area contributed by atoms with Crippen LogP contribution in [0, 0.1) is 5.82 Å². The van der Waals surface area contributed by atoms with Crippen molar-refractivity contribution >= 4 is 11.8 Å². The van der Waals surface area contributed by atoms with Gasteiger partial charge in [-0.3, -0.25) is 4.90 Å². The van der Waals surface area contributed by atoms with Gasteiger partial charge in [-0.15, -0.1) is 0 Å². The minimum Gasteiger partial charge on any atom is -0.443 e. The first-order valence-electron chi connectivity index (χ1n) is 10.3. The lowest BCUT2D eigenvalue weighted by molar-refractivity contribution is 0.140. The Morgan fingerprint density at radius 3 is 2.48 bits per heavy atom. The van der Waals surface area contributed by atoms with Crippen LogP contribution >= 0.6 is 0 Å². The Labute approximate surface area is 181 Å². The van der Waals surface area contributed by atoms with Crippen molar-refractivity contribution in [1.82, 2.24) is 9.88 Å². The molecular weight excluding hydrogens is 397 g/mol. The van der Waals surface area contributed by atoms with Gasteiger partial charge in [0, 0.05) is 38.2 Å². The summed E-state index contributed by atoms with van der Waals surface area (Å²) in [5.74, 6) is -0.358.